The van der Waals surface area contributed by atoms with Crippen LogP contribution in [-0.2, 0) is 14.3 Å². The number of nitrogens with one attached hydrogen (secondary N) is 1. The molecule has 1 fully saturated rings. The number of rotatable bonds is 7. The fourth-order valence-corrected chi connectivity index (χ4v) is 4.79. The Kier molecular flexibility index (Phi) is 6.60. The SMILES string of the molecule is CCC(=O)N(CC1CCCO1)C1C=C(C(=O)NCCO)C2c3ccccc3OC2C1O. The van der Waals surface area contributed by atoms with Gasteiger partial charge in [-0.3, -0.25) is 9.59 Å². The van der Waals surface area contributed by atoms with Crippen LogP contribution in [0.15, 0.2) is 35.9 Å². The molecule has 1 saturated heterocycles. The van der Waals surface area contributed by atoms with Crippen molar-refractivity contribution < 1.29 is 29.3 Å². The quantitative estimate of drug-likeness (QED) is 0.589. The number of aliphatic hydroxyl groups excluding tert-OH is 2. The summed E-state index contributed by atoms with van der Waals surface area (Å²) in [6.45, 7) is 2.76. The molecule has 5 atom stereocenters. The summed E-state index contributed by atoms with van der Waals surface area (Å²) in [5, 5.41) is 23.2. The minimum absolute atomic E-state index is 0.0813. The molecule has 2 heterocycles. The summed E-state index contributed by atoms with van der Waals surface area (Å²) in [6, 6.07) is 6.72. The second-order valence-corrected chi connectivity index (χ2v) is 8.22. The Bertz CT molecular complexity index is 850. The first-order valence-electron chi connectivity index (χ1n) is 11.0. The van der Waals surface area contributed by atoms with Gasteiger partial charge in [0.25, 0.3) is 0 Å². The average molecular weight is 431 g/mol. The fourth-order valence-electron chi connectivity index (χ4n) is 4.79. The van der Waals surface area contributed by atoms with E-state index in [1.165, 1.54) is 0 Å². The third-order valence-corrected chi connectivity index (χ3v) is 6.28. The molecule has 1 aliphatic carbocycles. The summed E-state index contributed by atoms with van der Waals surface area (Å²) in [6.07, 6.45) is 2.03. The van der Waals surface area contributed by atoms with E-state index in [-0.39, 0.29) is 37.5 Å². The molecule has 1 aromatic carbocycles. The molecule has 5 unspecified atom stereocenters. The minimum atomic E-state index is -0.997. The number of hydrogen-bond acceptors (Lipinski definition) is 6. The lowest BCUT2D eigenvalue weighted by Gasteiger charge is -2.41. The predicted octanol–water partition coefficient (Wildman–Crippen LogP) is 0.727. The average Bonchev–Trinajstić information content (AvgIpc) is 3.44. The van der Waals surface area contributed by atoms with Crippen LogP contribution in [0.3, 0.4) is 0 Å². The van der Waals surface area contributed by atoms with Gasteiger partial charge in [-0.05, 0) is 25.0 Å². The molecule has 1 aromatic rings. The van der Waals surface area contributed by atoms with E-state index in [0.29, 0.717) is 24.5 Å². The molecule has 0 spiro atoms. The summed E-state index contributed by atoms with van der Waals surface area (Å²) in [5.41, 5.74) is 1.28. The molecule has 0 saturated carbocycles. The molecule has 168 valence electrons. The van der Waals surface area contributed by atoms with Crippen molar-refractivity contribution in [3.63, 3.8) is 0 Å². The minimum Gasteiger partial charge on any atom is -0.486 e. The topological polar surface area (TPSA) is 108 Å². The number of benzene rings is 1. The van der Waals surface area contributed by atoms with Crippen molar-refractivity contribution in [2.45, 2.75) is 56.5 Å². The maximum absolute atomic E-state index is 13.0. The van der Waals surface area contributed by atoms with E-state index in [1.807, 2.05) is 24.3 Å². The third-order valence-electron chi connectivity index (χ3n) is 6.28. The van der Waals surface area contributed by atoms with Crippen LogP contribution in [0, 0.1) is 0 Å². The molecule has 0 radical (unpaired) electrons. The van der Waals surface area contributed by atoms with E-state index in [4.69, 9.17) is 14.6 Å². The Morgan fingerprint density at radius 1 is 1.29 bits per heavy atom. The first-order valence-corrected chi connectivity index (χ1v) is 11.0. The van der Waals surface area contributed by atoms with E-state index < -0.39 is 24.2 Å². The zero-order valence-electron chi connectivity index (χ0n) is 17.7. The zero-order chi connectivity index (χ0) is 22.0. The third kappa shape index (κ3) is 4.20. The molecule has 0 bridgehead atoms. The lowest BCUT2D eigenvalue weighted by atomic mass is 9.77. The highest BCUT2D eigenvalue weighted by Gasteiger charge is 2.50. The highest BCUT2D eigenvalue weighted by molar-refractivity contribution is 5.96. The molecule has 2 aliphatic heterocycles. The number of ether oxygens (including phenoxy) is 2. The van der Waals surface area contributed by atoms with Crippen LogP contribution in [0.1, 0.15) is 37.7 Å². The van der Waals surface area contributed by atoms with Gasteiger partial charge in [0.05, 0.1) is 24.7 Å². The van der Waals surface area contributed by atoms with Crippen molar-refractivity contribution in [1.29, 1.82) is 0 Å². The molecule has 2 amide bonds. The Hall–Kier alpha value is -2.42. The van der Waals surface area contributed by atoms with Crippen LogP contribution < -0.4 is 10.1 Å². The van der Waals surface area contributed by atoms with Crippen molar-refractivity contribution in [3.05, 3.63) is 41.5 Å². The lowest BCUT2D eigenvalue weighted by Crippen LogP contribution is -2.57. The largest absolute Gasteiger partial charge is 0.486 e. The Morgan fingerprint density at radius 2 is 2.10 bits per heavy atom. The summed E-state index contributed by atoms with van der Waals surface area (Å²) >= 11 is 0. The molecule has 8 heteroatoms. The van der Waals surface area contributed by atoms with Gasteiger partial charge in [-0.2, -0.15) is 0 Å². The number of hydrogen-bond donors (Lipinski definition) is 3. The second kappa shape index (κ2) is 9.38. The zero-order valence-corrected chi connectivity index (χ0v) is 17.7. The smallest absolute Gasteiger partial charge is 0.247 e. The van der Waals surface area contributed by atoms with E-state index in [1.54, 1.807) is 17.9 Å². The van der Waals surface area contributed by atoms with Crippen molar-refractivity contribution in [1.82, 2.24) is 10.2 Å². The standard InChI is InChI=1S/C23H30N2O6/c1-2-19(27)25(13-14-6-5-11-30-14)17-12-16(23(29)24-9-10-26)20-15-7-3-4-8-18(15)31-22(20)21(17)28/h3-4,7-8,12,14,17,20-22,26,28H,2,5-6,9-11,13H2,1H3,(H,24,29). The van der Waals surface area contributed by atoms with Gasteiger partial charge in [0.1, 0.15) is 18.0 Å². The molecule has 0 aromatic heterocycles. The number of para-hydroxylation sites is 1. The maximum atomic E-state index is 13.0. The van der Waals surface area contributed by atoms with Crippen LogP contribution >= 0.6 is 0 Å². The van der Waals surface area contributed by atoms with E-state index in [0.717, 1.165) is 18.4 Å². The molecular weight excluding hydrogens is 400 g/mol. The van der Waals surface area contributed by atoms with Crippen LogP contribution in [0.2, 0.25) is 0 Å². The van der Waals surface area contributed by atoms with Gasteiger partial charge in [-0.1, -0.05) is 25.1 Å². The van der Waals surface area contributed by atoms with Crippen molar-refractivity contribution >= 4 is 11.8 Å². The van der Waals surface area contributed by atoms with Gasteiger partial charge in [-0.15, -0.1) is 0 Å². The Balaban J connectivity index is 1.71. The van der Waals surface area contributed by atoms with E-state index >= 15 is 0 Å². The van der Waals surface area contributed by atoms with Crippen LogP contribution in [0.4, 0.5) is 0 Å². The lowest BCUT2D eigenvalue weighted by molar-refractivity contribution is -0.138. The van der Waals surface area contributed by atoms with E-state index in [9.17, 15) is 14.7 Å². The number of amides is 2. The monoisotopic (exact) mass is 430 g/mol. The maximum Gasteiger partial charge on any atom is 0.247 e. The van der Waals surface area contributed by atoms with Gasteiger partial charge in [0.15, 0.2) is 0 Å². The van der Waals surface area contributed by atoms with Gasteiger partial charge in [0.2, 0.25) is 11.8 Å². The van der Waals surface area contributed by atoms with Gasteiger partial charge in [0, 0.05) is 37.3 Å². The first-order chi connectivity index (χ1) is 15.0. The van der Waals surface area contributed by atoms with Crippen molar-refractivity contribution in [2.24, 2.45) is 0 Å². The normalized spacial score (nSPS) is 28.9. The van der Waals surface area contributed by atoms with Crippen LogP contribution in [-0.4, -0.2) is 77.6 Å². The highest BCUT2D eigenvalue weighted by atomic mass is 16.5. The molecule has 4 rings (SSSR count). The Morgan fingerprint density at radius 3 is 2.81 bits per heavy atom. The highest BCUT2D eigenvalue weighted by Crippen LogP contribution is 2.47. The number of nitrogens with zero attached hydrogens (tertiary/aromatic N) is 1. The number of carbonyl (C=O) groups is 2. The van der Waals surface area contributed by atoms with Crippen molar-refractivity contribution in [2.75, 3.05) is 26.3 Å². The van der Waals surface area contributed by atoms with Gasteiger partial charge in [-0.25, -0.2) is 0 Å². The molecule has 3 aliphatic rings. The number of carbonyl (C=O) groups excluding carboxylic acids is 2. The van der Waals surface area contributed by atoms with E-state index in [2.05, 4.69) is 5.32 Å². The van der Waals surface area contributed by atoms with Gasteiger partial charge >= 0.3 is 0 Å². The molecule has 3 N–H and O–H groups in total. The summed E-state index contributed by atoms with van der Waals surface area (Å²) in [4.78, 5) is 27.5. The summed E-state index contributed by atoms with van der Waals surface area (Å²) in [5.74, 6) is -0.254. The molecular formula is C23H30N2O6. The fraction of sp³-hybridized carbons (Fsp3) is 0.565. The first kappa shape index (κ1) is 21.8. The van der Waals surface area contributed by atoms with Crippen LogP contribution in [0.25, 0.3) is 0 Å². The van der Waals surface area contributed by atoms with Crippen molar-refractivity contribution in [3.8, 4) is 5.75 Å². The van der Waals surface area contributed by atoms with Gasteiger partial charge < -0.3 is 29.9 Å². The Labute approximate surface area is 181 Å². The summed E-state index contributed by atoms with van der Waals surface area (Å²) in [7, 11) is 0. The number of fused-ring (bicyclic) bond motifs is 3. The second-order valence-electron chi connectivity index (χ2n) is 8.22. The molecule has 31 heavy (non-hydrogen) atoms. The predicted molar refractivity (Wildman–Crippen MR) is 113 cm³/mol. The number of aliphatic hydroxyl groups is 2. The van der Waals surface area contributed by atoms with Crippen LogP contribution in [0.5, 0.6) is 5.75 Å². The molecule has 8 nitrogen and oxygen atoms in total. The summed E-state index contributed by atoms with van der Waals surface area (Å²) < 4.78 is 11.8.